The molecule has 0 aliphatic heterocycles. The van der Waals surface area contributed by atoms with Gasteiger partial charge in [-0.25, -0.2) is 4.39 Å². The molecule has 0 spiro atoms. The summed E-state index contributed by atoms with van der Waals surface area (Å²) >= 11 is 0. The summed E-state index contributed by atoms with van der Waals surface area (Å²) in [4.78, 5) is 0. The average molecular weight is 202 g/mol. The van der Waals surface area contributed by atoms with Crippen LogP contribution < -0.4 is 21.1 Å². The molecule has 0 unspecified atom stereocenters. The van der Waals surface area contributed by atoms with E-state index in [1.54, 1.807) is 13.8 Å². The van der Waals surface area contributed by atoms with E-state index in [-0.39, 0.29) is 17.0 Å². The van der Waals surface area contributed by atoms with Gasteiger partial charge in [-0.1, -0.05) is 10.9 Å². The quantitative estimate of drug-likeness (QED) is 0.566. The van der Waals surface area contributed by atoms with Crippen molar-refractivity contribution < 1.29 is 13.5 Å². The van der Waals surface area contributed by atoms with Crippen molar-refractivity contribution in [2.24, 2.45) is 0 Å². The third kappa shape index (κ3) is 2.19. The normalized spacial score (nSPS) is 10.7. The largest absolute Gasteiger partial charge is 0.488 e. The van der Waals surface area contributed by atoms with Gasteiger partial charge in [0.15, 0.2) is 17.4 Å². The molecule has 0 atom stereocenters. The second-order valence-corrected chi connectivity index (χ2v) is 3.36. The van der Waals surface area contributed by atoms with Crippen LogP contribution >= 0.6 is 0 Å². The van der Waals surface area contributed by atoms with Gasteiger partial charge < -0.3 is 4.74 Å². The lowest BCUT2D eigenvalue weighted by Gasteiger charge is -2.18. The molecule has 0 N–H and O–H groups in total. The molecular weight excluding hydrogens is 195 g/mol. The van der Waals surface area contributed by atoms with E-state index in [0.717, 1.165) is 0 Å². The lowest BCUT2D eigenvalue weighted by Crippen LogP contribution is -2.43. The minimum absolute atomic E-state index is 0.180. The number of halogens is 2. The molecule has 0 aliphatic rings. The van der Waals surface area contributed by atoms with Gasteiger partial charge in [-0.2, -0.15) is 4.39 Å². The Morgan fingerprint density at radius 2 is 1.47 bits per heavy atom. The van der Waals surface area contributed by atoms with Gasteiger partial charge in [-0.05, 0) is 13.8 Å². The Morgan fingerprint density at radius 1 is 0.933 bits per heavy atom. The molecule has 0 saturated heterocycles. The number of rotatable bonds is 2. The van der Waals surface area contributed by atoms with E-state index >= 15 is 0 Å². The van der Waals surface area contributed by atoms with Crippen LogP contribution in [-0.2, 0) is 0 Å². The van der Waals surface area contributed by atoms with Gasteiger partial charge in [0.1, 0.15) is 23.5 Å². The Hall–Kier alpha value is -0.925. The highest BCUT2D eigenvalue weighted by molar-refractivity contribution is 6.58. The Morgan fingerprint density at radius 3 is 1.93 bits per heavy atom. The average Bonchev–Trinajstić information content (AvgIpc) is 2.18. The maximum atomic E-state index is 13.3. The highest BCUT2D eigenvalue weighted by atomic mass is 19.2. The molecule has 1 aromatic carbocycles. The van der Waals surface area contributed by atoms with Crippen LogP contribution in [0.2, 0.25) is 0 Å². The van der Waals surface area contributed by atoms with E-state index in [9.17, 15) is 8.78 Å². The molecule has 0 bridgehead atoms. The highest BCUT2D eigenvalue weighted by Gasteiger charge is 2.18. The van der Waals surface area contributed by atoms with Gasteiger partial charge in [0, 0.05) is 0 Å². The van der Waals surface area contributed by atoms with E-state index in [1.807, 2.05) is 0 Å². The molecule has 0 aromatic heterocycles. The maximum Gasteiger partial charge on any atom is 0.199 e. The van der Waals surface area contributed by atoms with Crippen molar-refractivity contribution in [2.45, 2.75) is 20.0 Å². The molecular formula is C9H7B3F2O. The van der Waals surface area contributed by atoms with Gasteiger partial charge in [-0.15, -0.1) is 5.46 Å². The van der Waals surface area contributed by atoms with Crippen LogP contribution in [0.4, 0.5) is 8.78 Å². The monoisotopic (exact) mass is 202 g/mol. The molecule has 0 saturated carbocycles. The topological polar surface area (TPSA) is 9.23 Å². The summed E-state index contributed by atoms with van der Waals surface area (Å²) < 4.78 is 31.5. The number of hydrogen-bond acceptors (Lipinski definition) is 1. The molecule has 15 heavy (non-hydrogen) atoms. The van der Waals surface area contributed by atoms with Gasteiger partial charge in [0.2, 0.25) is 0 Å². The minimum Gasteiger partial charge on any atom is -0.488 e. The lowest BCUT2D eigenvalue weighted by atomic mass is 9.71. The zero-order valence-electron chi connectivity index (χ0n) is 8.47. The zero-order chi connectivity index (χ0) is 11.7. The molecule has 1 nitrogen and oxygen atoms in total. The van der Waals surface area contributed by atoms with Crippen LogP contribution in [0, 0.1) is 11.6 Å². The first-order valence-electron chi connectivity index (χ1n) is 4.34. The molecule has 1 rings (SSSR count). The number of hydrogen-bond donors (Lipinski definition) is 0. The maximum absolute atomic E-state index is 13.3. The molecule has 0 amide bonds. The molecule has 0 aliphatic carbocycles. The van der Waals surface area contributed by atoms with Crippen molar-refractivity contribution >= 4 is 39.9 Å². The fourth-order valence-electron chi connectivity index (χ4n) is 1.07. The second kappa shape index (κ2) is 4.29. The summed E-state index contributed by atoms with van der Waals surface area (Å²) in [6.45, 7) is 3.31. The molecule has 6 radical (unpaired) electrons. The van der Waals surface area contributed by atoms with Crippen LogP contribution in [-0.4, -0.2) is 29.6 Å². The number of ether oxygens (including phenoxy) is 1. The van der Waals surface area contributed by atoms with Crippen molar-refractivity contribution in [3.63, 3.8) is 0 Å². The van der Waals surface area contributed by atoms with E-state index in [4.69, 9.17) is 28.3 Å². The Bertz CT molecular complexity index is 364. The smallest absolute Gasteiger partial charge is 0.199 e. The van der Waals surface area contributed by atoms with Crippen molar-refractivity contribution in [3.05, 3.63) is 11.6 Å². The molecule has 0 heterocycles. The summed E-state index contributed by atoms with van der Waals surface area (Å²) in [5.41, 5.74) is -0.884. The predicted molar refractivity (Wildman–Crippen MR) is 58.3 cm³/mol. The first kappa shape index (κ1) is 12.1. The van der Waals surface area contributed by atoms with Gasteiger partial charge in [0.05, 0.1) is 6.10 Å². The van der Waals surface area contributed by atoms with E-state index < -0.39 is 22.8 Å². The summed E-state index contributed by atoms with van der Waals surface area (Å²) in [6, 6.07) is 0. The fraction of sp³-hybridized carbons (Fsp3) is 0.333. The van der Waals surface area contributed by atoms with Crippen LogP contribution in [0.15, 0.2) is 0 Å². The standard InChI is InChI=1S/C9H7B3F2O/c1-3(2)15-9-6(12)4(10)5(11)7(13)8(9)14/h3H,1-2H3. The first-order chi connectivity index (χ1) is 6.86. The summed E-state index contributed by atoms with van der Waals surface area (Å²) in [6.07, 6.45) is -0.343. The zero-order valence-corrected chi connectivity index (χ0v) is 8.47. The van der Waals surface area contributed by atoms with E-state index in [0.29, 0.717) is 0 Å². The summed E-state index contributed by atoms with van der Waals surface area (Å²) in [7, 11) is 16.1. The third-order valence-electron chi connectivity index (χ3n) is 1.81. The van der Waals surface area contributed by atoms with Crippen LogP contribution in [0.3, 0.4) is 0 Å². The SMILES string of the molecule is [B]c1c([B])c(F)c(F)c(OC(C)C)c1[B]. The van der Waals surface area contributed by atoms with Gasteiger partial charge in [0.25, 0.3) is 0 Å². The second-order valence-electron chi connectivity index (χ2n) is 3.36. The first-order valence-corrected chi connectivity index (χ1v) is 4.34. The minimum atomic E-state index is -1.24. The fourth-order valence-corrected chi connectivity index (χ4v) is 1.07. The highest BCUT2D eigenvalue weighted by Crippen LogP contribution is 2.15. The Labute approximate surface area is 91.4 Å². The third-order valence-corrected chi connectivity index (χ3v) is 1.81. The molecule has 72 valence electrons. The number of benzene rings is 1. The van der Waals surface area contributed by atoms with Crippen LogP contribution in [0.5, 0.6) is 5.75 Å². The van der Waals surface area contributed by atoms with E-state index in [2.05, 4.69) is 0 Å². The van der Waals surface area contributed by atoms with Gasteiger partial charge >= 0.3 is 0 Å². The Balaban J connectivity index is 3.39. The van der Waals surface area contributed by atoms with Crippen LogP contribution in [0.1, 0.15) is 13.8 Å². The van der Waals surface area contributed by atoms with Crippen molar-refractivity contribution in [2.75, 3.05) is 0 Å². The lowest BCUT2D eigenvalue weighted by molar-refractivity contribution is 0.230. The van der Waals surface area contributed by atoms with Crippen LogP contribution in [0.25, 0.3) is 0 Å². The van der Waals surface area contributed by atoms with Crippen molar-refractivity contribution in [3.8, 4) is 5.75 Å². The van der Waals surface area contributed by atoms with Crippen molar-refractivity contribution in [1.82, 2.24) is 0 Å². The van der Waals surface area contributed by atoms with Crippen molar-refractivity contribution in [1.29, 1.82) is 0 Å². The molecule has 6 heteroatoms. The predicted octanol–water partition coefficient (Wildman–Crippen LogP) is -0.867. The van der Waals surface area contributed by atoms with E-state index in [1.165, 1.54) is 0 Å². The van der Waals surface area contributed by atoms with Gasteiger partial charge in [-0.3, -0.25) is 0 Å². The summed E-state index contributed by atoms with van der Waals surface area (Å²) in [5.74, 6) is -2.85. The summed E-state index contributed by atoms with van der Waals surface area (Å²) in [5, 5.41) is 0. The molecule has 1 aromatic rings. The molecule has 0 fully saturated rings. The Kier molecular flexibility index (Phi) is 3.48.